The second kappa shape index (κ2) is 9.38. The Morgan fingerprint density at radius 2 is 1.89 bits per heavy atom. The van der Waals surface area contributed by atoms with Crippen LogP contribution in [0.25, 0.3) is 33.0 Å². The van der Waals surface area contributed by atoms with E-state index in [9.17, 15) is 17.6 Å². The van der Waals surface area contributed by atoms with Gasteiger partial charge < -0.3 is 13.8 Å². The van der Waals surface area contributed by atoms with Crippen molar-refractivity contribution in [3.05, 3.63) is 94.3 Å². The van der Waals surface area contributed by atoms with E-state index in [1.807, 2.05) is 0 Å². The number of aromatic nitrogens is 2. The largest absolute Gasteiger partial charge is 0.496 e. The van der Waals surface area contributed by atoms with E-state index in [-0.39, 0.29) is 26.9 Å². The molecular formula is C26H19ClFN3O5S. The number of anilines is 1. The lowest BCUT2D eigenvalue weighted by Gasteiger charge is -2.16. The minimum absolute atomic E-state index is 0.0287. The number of aryl methyl sites for hydroxylation is 1. The summed E-state index contributed by atoms with van der Waals surface area (Å²) in [5.41, 5.74) is 1.44. The van der Waals surface area contributed by atoms with Gasteiger partial charge in [0.25, 0.3) is 15.6 Å². The Morgan fingerprint density at radius 1 is 1.08 bits per heavy atom. The molecule has 0 fully saturated rings. The van der Waals surface area contributed by atoms with Crippen LogP contribution in [-0.4, -0.2) is 25.3 Å². The molecule has 11 heteroatoms. The number of benzene rings is 3. The van der Waals surface area contributed by atoms with Crippen molar-refractivity contribution in [1.29, 1.82) is 0 Å². The van der Waals surface area contributed by atoms with Crippen molar-refractivity contribution in [2.75, 3.05) is 11.8 Å². The molecule has 5 rings (SSSR count). The number of hydrogen-bond donors (Lipinski definition) is 1. The van der Waals surface area contributed by atoms with Gasteiger partial charge in [-0.2, -0.15) is 0 Å². The topological polar surface area (TPSA) is 103 Å². The summed E-state index contributed by atoms with van der Waals surface area (Å²) < 4.78 is 53.5. The normalized spacial score (nSPS) is 11.6. The highest BCUT2D eigenvalue weighted by molar-refractivity contribution is 7.92. The first-order valence-corrected chi connectivity index (χ1v) is 12.7. The predicted octanol–water partition coefficient (Wildman–Crippen LogP) is 5.46. The first-order chi connectivity index (χ1) is 17.7. The summed E-state index contributed by atoms with van der Waals surface area (Å²) in [7, 11) is -0.950. The van der Waals surface area contributed by atoms with E-state index in [2.05, 4.69) is 14.4 Å². The Morgan fingerprint density at radius 3 is 2.59 bits per heavy atom. The maximum atomic E-state index is 13.8. The SMILES string of the molecule is COc1cc(-c2cccc(F)c2)c(Cl)cc1-c1c(=O)n(C)cc2cc(S(=O)(=O)Nc3ccon3)ccc12. The van der Waals surface area contributed by atoms with Crippen molar-refractivity contribution < 1.29 is 22.1 Å². The summed E-state index contributed by atoms with van der Waals surface area (Å²) in [6, 6.07) is 15.0. The van der Waals surface area contributed by atoms with E-state index in [0.29, 0.717) is 33.2 Å². The van der Waals surface area contributed by atoms with E-state index >= 15 is 0 Å². The summed E-state index contributed by atoms with van der Waals surface area (Å²) in [6.45, 7) is 0. The predicted molar refractivity (Wildman–Crippen MR) is 139 cm³/mol. The van der Waals surface area contributed by atoms with Crippen molar-refractivity contribution >= 4 is 38.2 Å². The fraction of sp³-hybridized carbons (Fsp3) is 0.0769. The zero-order chi connectivity index (χ0) is 26.3. The maximum absolute atomic E-state index is 13.8. The molecule has 0 aliphatic heterocycles. The number of nitrogens with zero attached hydrogens (tertiary/aromatic N) is 2. The standard InChI is InChI=1S/C26H19ClFN3O5S/c1-31-14-16-11-18(37(33,34)30-24-8-9-36-29-24)6-7-19(16)25(26(31)32)21-12-22(27)20(13-23(21)35-2)15-4-3-5-17(28)10-15/h3-14H,1-2H3,(H,29,30). The summed E-state index contributed by atoms with van der Waals surface area (Å²) in [5.74, 6) is -0.0278. The molecule has 0 amide bonds. The molecule has 0 radical (unpaired) electrons. The van der Waals surface area contributed by atoms with Crippen LogP contribution in [0.2, 0.25) is 5.02 Å². The monoisotopic (exact) mass is 539 g/mol. The fourth-order valence-electron chi connectivity index (χ4n) is 4.12. The second-order valence-corrected chi connectivity index (χ2v) is 10.3. The molecule has 2 aromatic heterocycles. The molecule has 2 heterocycles. The first-order valence-electron chi connectivity index (χ1n) is 10.9. The Bertz CT molecular complexity index is 1820. The highest BCUT2D eigenvalue weighted by Crippen LogP contribution is 2.40. The average molecular weight is 540 g/mol. The van der Waals surface area contributed by atoms with E-state index in [1.54, 1.807) is 43.6 Å². The quantitative estimate of drug-likeness (QED) is 0.307. The van der Waals surface area contributed by atoms with Gasteiger partial charge in [0, 0.05) is 40.8 Å². The van der Waals surface area contributed by atoms with Gasteiger partial charge in [0.05, 0.1) is 17.6 Å². The van der Waals surface area contributed by atoms with Crippen LogP contribution in [0.5, 0.6) is 5.75 Å². The van der Waals surface area contributed by atoms with Gasteiger partial charge >= 0.3 is 0 Å². The lowest BCUT2D eigenvalue weighted by Crippen LogP contribution is -2.19. The van der Waals surface area contributed by atoms with E-state index in [0.717, 1.165) is 0 Å². The molecule has 0 saturated carbocycles. The Labute approximate surface area is 215 Å². The van der Waals surface area contributed by atoms with Gasteiger partial charge in [-0.15, -0.1) is 0 Å². The van der Waals surface area contributed by atoms with Gasteiger partial charge in [0.1, 0.15) is 17.8 Å². The van der Waals surface area contributed by atoms with Crippen LogP contribution in [0.4, 0.5) is 10.2 Å². The van der Waals surface area contributed by atoms with Crippen molar-refractivity contribution in [3.8, 4) is 28.0 Å². The van der Waals surface area contributed by atoms with Crippen molar-refractivity contribution in [2.45, 2.75) is 4.90 Å². The minimum atomic E-state index is -3.97. The van der Waals surface area contributed by atoms with Gasteiger partial charge in [-0.25, -0.2) is 12.8 Å². The lowest BCUT2D eigenvalue weighted by molar-refractivity contribution is 0.416. The third kappa shape index (κ3) is 4.56. The highest BCUT2D eigenvalue weighted by atomic mass is 35.5. The molecule has 0 aliphatic rings. The van der Waals surface area contributed by atoms with Gasteiger partial charge in [0.2, 0.25) is 0 Å². The molecule has 0 aliphatic carbocycles. The van der Waals surface area contributed by atoms with Crippen LogP contribution in [0, 0.1) is 5.82 Å². The average Bonchev–Trinajstić information content (AvgIpc) is 3.37. The summed E-state index contributed by atoms with van der Waals surface area (Å²) in [6.07, 6.45) is 2.80. The minimum Gasteiger partial charge on any atom is -0.496 e. The van der Waals surface area contributed by atoms with Gasteiger partial charge in [-0.1, -0.05) is 35.0 Å². The van der Waals surface area contributed by atoms with Crippen LogP contribution in [0.3, 0.4) is 0 Å². The number of hydrogen-bond acceptors (Lipinski definition) is 6. The van der Waals surface area contributed by atoms with E-state index < -0.39 is 15.8 Å². The number of ether oxygens (including phenoxy) is 1. The molecular weight excluding hydrogens is 521 g/mol. The van der Waals surface area contributed by atoms with Gasteiger partial charge in [0.15, 0.2) is 5.82 Å². The van der Waals surface area contributed by atoms with E-state index in [1.165, 1.54) is 48.3 Å². The fourth-order valence-corrected chi connectivity index (χ4v) is 5.42. The molecule has 3 aromatic carbocycles. The number of rotatable bonds is 6. The Balaban J connectivity index is 1.69. The smallest absolute Gasteiger partial charge is 0.263 e. The molecule has 8 nitrogen and oxygen atoms in total. The third-order valence-electron chi connectivity index (χ3n) is 5.84. The summed E-state index contributed by atoms with van der Waals surface area (Å²) in [4.78, 5) is 13.3. The van der Waals surface area contributed by atoms with Crippen LogP contribution in [0.15, 0.2) is 87.3 Å². The van der Waals surface area contributed by atoms with Gasteiger partial charge in [-0.05, 0) is 47.3 Å². The van der Waals surface area contributed by atoms with Crippen molar-refractivity contribution in [2.24, 2.45) is 7.05 Å². The molecule has 1 N–H and O–H groups in total. The molecule has 0 spiro atoms. The molecule has 0 saturated heterocycles. The first kappa shape index (κ1) is 24.5. The van der Waals surface area contributed by atoms with E-state index in [4.69, 9.17) is 16.3 Å². The van der Waals surface area contributed by atoms with Crippen molar-refractivity contribution in [1.82, 2.24) is 9.72 Å². The lowest BCUT2D eigenvalue weighted by atomic mass is 9.96. The molecule has 0 bridgehead atoms. The number of halogens is 2. The number of fused-ring (bicyclic) bond motifs is 1. The summed E-state index contributed by atoms with van der Waals surface area (Å²) >= 11 is 6.60. The van der Waals surface area contributed by atoms with Crippen molar-refractivity contribution in [3.63, 3.8) is 0 Å². The van der Waals surface area contributed by atoms with Crippen LogP contribution in [-0.2, 0) is 17.1 Å². The van der Waals surface area contributed by atoms with Crippen LogP contribution < -0.4 is 15.0 Å². The molecule has 188 valence electrons. The number of nitrogens with one attached hydrogen (secondary N) is 1. The second-order valence-electron chi connectivity index (χ2n) is 8.20. The number of sulfonamides is 1. The molecule has 37 heavy (non-hydrogen) atoms. The molecule has 0 unspecified atom stereocenters. The van der Waals surface area contributed by atoms with Crippen LogP contribution >= 0.6 is 11.6 Å². The zero-order valence-electron chi connectivity index (χ0n) is 19.5. The van der Waals surface area contributed by atoms with Crippen LogP contribution in [0.1, 0.15) is 0 Å². The Kier molecular flexibility index (Phi) is 6.22. The Hall–Kier alpha value is -4.15. The highest BCUT2D eigenvalue weighted by Gasteiger charge is 2.21. The molecule has 5 aromatic rings. The van der Waals surface area contributed by atoms with Gasteiger partial charge in [-0.3, -0.25) is 9.52 Å². The molecule has 0 atom stereocenters. The summed E-state index contributed by atoms with van der Waals surface area (Å²) in [5, 5.41) is 4.85. The zero-order valence-corrected chi connectivity index (χ0v) is 21.1. The maximum Gasteiger partial charge on any atom is 0.263 e. The third-order valence-corrected chi connectivity index (χ3v) is 7.51. The number of methoxy groups -OCH3 is 1. The number of pyridine rings is 1.